The first-order chi connectivity index (χ1) is 9.49. The zero-order chi connectivity index (χ0) is 14.6. The van der Waals surface area contributed by atoms with Crippen LogP contribution in [0.25, 0.3) is 0 Å². The highest BCUT2D eigenvalue weighted by Gasteiger charge is 2.41. The average molecular weight is 286 g/mol. The molecule has 0 aliphatic carbocycles. The zero-order valence-electron chi connectivity index (χ0n) is 11.7. The molecule has 0 radical (unpaired) electrons. The predicted octanol–water partition coefficient (Wildman–Crippen LogP) is 3.18. The van der Waals surface area contributed by atoms with Gasteiger partial charge in [0.05, 0.1) is 5.92 Å². The Balaban J connectivity index is 1.97. The van der Waals surface area contributed by atoms with Crippen LogP contribution in [0.5, 0.6) is 0 Å². The summed E-state index contributed by atoms with van der Waals surface area (Å²) in [5.74, 6) is -1.17. The van der Waals surface area contributed by atoms with Gasteiger partial charge < -0.3 is 5.32 Å². The van der Waals surface area contributed by atoms with Crippen LogP contribution >= 0.6 is 0 Å². The summed E-state index contributed by atoms with van der Waals surface area (Å²) in [6, 6.07) is 8.03. The van der Waals surface area contributed by atoms with E-state index in [2.05, 4.69) is 11.4 Å². The third kappa shape index (κ3) is 4.21. The highest BCUT2D eigenvalue weighted by Crippen LogP contribution is 2.33. The van der Waals surface area contributed by atoms with E-state index in [9.17, 15) is 13.2 Å². The lowest BCUT2D eigenvalue weighted by Crippen LogP contribution is -2.41. The average Bonchev–Trinajstić information content (AvgIpc) is 2.39. The Morgan fingerprint density at radius 1 is 1.30 bits per heavy atom. The molecule has 1 fully saturated rings. The summed E-state index contributed by atoms with van der Waals surface area (Å²) in [5, 5.41) is 3.08. The van der Waals surface area contributed by atoms with Crippen molar-refractivity contribution in [3.63, 3.8) is 0 Å². The van der Waals surface area contributed by atoms with Crippen LogP contribution in [0.3, 0.4) is 0 Å². The van der Waals surface area contributed by atoms with Crippen molar-refractivity contribution < 1.29 is 13.2 Å². The van der Waals surface area contributed by atoms with Crippen molar-refractivity contribution in [2.75, 3.05) is 20.1 Å². The van der Waals surface area contributed by atoms with E-state index in [4.69, 9.17) is 0 Å². The van der Waals surface area contributed by atoms with Crippen molar-refractivity contribution in [2.24, 2.45) is 5.92 Å². The molecule has 1 unspecified atom stereocenters. The molecular weight excluding hydrogens is 265 g/mol. The Kier molecular flexibility index (Phi) is 5.05. The van der Waals surface area contributed by atoms with Crippen LogP contribution in [0.2, 0.25) is 0 Å². The van der Waals surface area contributed by atoms with Crippen molar-refractivity contribution in [3.8, 4) is 0 Å². The molecule has 0 saturated carbocycles. The minimum Gasteiger partial charge on any atom is -0.316 e. The summed E-state index contributed by atoms with van der Waals surface area (Å²) in [5.41, 5.74) is 2.25. The van der Waals surface area contributed by atoms with Gasteiger partial charge in [-0.15, -0.1) is 0 Å². The number of likely N-dealkylation sites (tertiary alicyclic amines) is 1. The standard InChI is InChI=1S/C15H21F3N2/c1-19-9-12-4-2-5-13(8-12)10-20-7-3-6-14(11-20)15(16,17)18/h2,4-5,8,14,19H,3,6-7,9-11H2,1H3. The fourth-order valence-electron chi connectivity index (χ4n) is 2.77. The zero-order valence-corrected chi connectivity index (χ0v) is 11.7. The van der Waals surface area contributed by atoms with Crippen LogP contribution < -0.4 is 5.32 Å². The molecule has 1 aromatic rings. The summed E-state index contributed by atoms with van der Waals surface area (Å²) in [6.45, 7) is 2.26. The summed E-state index contributed by atoms with van der Waals surface area (Å²) in [4.78, 5) is 1.92. The number of hydrogen-bond acceptors (Lipinski definition) is 2. The highest BCUT2D eigenvalue weighted by atomic mass is 19.4. The third-order valence-electron chi connectivity index (χ3n) is 3.75. The first-order valence-electron chi connectivity index (χ1n) is 7.00. The van der Waals surface area contributed by atoms with Gasteiger partial charge in [0.2, 0.25) is 0 Å². The summed E-state index contributed by atoms with van der Waals surface area (Å²) >= 11 is 0. The smallest absolute Gasteiger partial charge is 0.316 e. The van der Waals surface area contributed by atoms with Gasteiger partial charge in [0, 0.05) is 19.6 Å². The summed E-state index contributed by atoms with van der Waals surface area (Å²) in [6.07, 6.45) is -3.17. The Labute approximate surface area is 118 Å². The van der Waals surface area contributed by atoms with Gasteiger partial charge in [-0.2, -0.15) is 13.2 Å². The molecule has 20 heavy (non-hydrogen) atoms. The molecule has 1 saturated heterocycles. The molecule has 1 atom stereocenters. The molecule has 1 aliphatic heterocycles. The van der Waals surface area contributed by atoms with Gasteiger partial charge in [0.15, 0.2) is 0 Å². The van der Waals surface area contributed by atoms with Gasteiger partial charge in [-0.25, -0.2) is 0 Å². The monoisotopic (exact) mass is 286 g/mol. The van der Waals surface area contributed by atoms with Gasteiger partial charge >= 0.3 is 6.18 Å². The number of benzene rings is 1. The molecule has 0 bridgehead atoms. The van der Waals surface area contributed by atoms with Gasteiger partial charge in [0.1, 0.15) is 0 Å². The lowest BCUT2D eigenvalue weighted by molar-refractivity contribution is -0.187. The maximum absolute atomic E-state index is 12.8. The second-order valence-electron chi connectivity index (χ2n) is 5.47. The van der Waals surface area contributed by atoms with Crippen molar-refractivity contribution in [1.29, 1.82) is 0 Å². The molecule has 0 aromatic heterocycles. The van der Waals surface area contributed by atoms with E-state index < -0.39 is 12.1 Å². The number of hydrogen-bond donors (Lipinski definition) is 1. The molecule has 2 nitrogen and oxygen atoms in total. The van der Waals surface area contributed by atoms with E-state index in [1.54, 1.807) is 0 Å². The van der Waals surface area contributed by atoms with Crippen molar-refractivity contribution in [1.82, 2.24) is 10.2 Å². The SMILES string of the molecule is CNCc1cccc(CN2CCCC(C(F)(F)F)C2)c1. The first kappa shape index (κ1) is 15.3. The second kappa shape index (κ2) is 6.59. The number of halogens is 3. The van der Waals surface area contributed by atoms with E-state index in [-0.39, 0.29) is 13.0 Å². The highest BCUT2D eigenvalue weighted by molar-refractivity contribution is 5.23. The van der Waals surface area contributed by atoms with Crippen LogP contribution in [0.4, 0.5) is 13.2 Å². The maximum atomic E-state index is 12.8. The molecule has 0 spiro atoms. The second-order valence-corrected chi connectivity index (χ2v) is 5.47. The first-order valence-corrected chi connectivity index (χ1v) is 7.00. The Morgan fingerprint density at radius 2 is 2.05 bits per heavy atom. The number of rotatable bonds is 4. The van der Waals surface area contributed by atoms with Crippen molar-refractivity contribution in [3.05, 3.63) is 35.4 Å². The minimum atomic E-state index is -4.06. The summed E-state index contributed by atoms with van der Waals surface area (Å²) < 4.78 is 38.3. The minimum absolute atomic E-state index is 0.125. The number of nitrogens with one attached hydrogen (secondary N) is 1. The fourth-order valence-corrected chi connectivity index (χ4v) is 2.77. The molecule has 1 aliphatic rings. The van der Waals surface area contributed by atoms with Crippen molar-refractivity contribution in [2.45, 2.75) is 32.1 Å². The van der Waals surface area contributed by atoms with Crippen LogP contribution in [0.1, 0.15) is 24.0 Å². The van der Waals surface area contributed by atoms with Gasteiger partial charge in [-0.1, -0.05) is 24.3 Å². The molecular formula is C15H21F3N2. The predicted molar refractivity (Wildman–Crippen MR) is 73.3 cm³/mol. The van der Waals surface area contributed by atoms with E-state index >= 15 is 0 Å². The van der Waals surface area contributed by atoms with Crippen LogP contribution in [-0.2, 0) is 13.1 Å². The van der Waals surface area contributed by atoms with E-state index in [0.717, 1.165) is 24.2 Å². The van der Waals surface area contributed by atoms with Crippen molar-refractivity contribution >= 4 is 0 Å². The Morgan fingerprint density at radius 3 is 2.75 bits per heavy atom. The molecule has 2 rings (SSSR count). The lowest BCUT2D eigenvalue weighted by Gasteiger charge is -2.33. The number of piperidine rings is 1. The normalized spacial score (nSPS) is 21.1. The molecule has 1 aromatic carbocycles. The Hall–Kier alpha value is -1.07. The molecule has 1 N–H and O–H groups in total. The maximum Gasteiger partial charge on any atom is 0.393 e. The van der Waals surface area contributed by atoms with Crippen LogP contribution in [0, 0.1) is 5.92 Å². The number of nitrogens with zero attached hydrogens (tertiary/aromatic N) is 1. The molecule has 1 heterocycles. The van der Waals surface area contributed by atoms with Crippen LogP contribution in [-0.4, -0.2) is 31.2 Å². The van der Waals surface area contributed by atoms with E-state index in [1.807, 2.05) is 30.1 Å². The van der Waals surface area contributed by atoms with Gasteiger partial charge in [-0.3, -0.25) is 4.90 Å². The summed E-state index contributed by atoms with van der Waals surface area (Å²) in [7, 11) is 1.88. The van der Waals surface area contributed by atoms with Crippen LogP contribution in [0.15, 0.2) is 24.3 Å². The van der Waals surface area contributed by atoms with Gasteiger partial charge in [0.25, 0.3) is 0 Å². The van der Waals surface area contributed by atoms with E-state index in [0.29, 0.717) is 13.0 Å². The molecule has 5 heteroatoms. The number of alkyl halides is 3. The third-order valence-corrected chi connectivity index (χ3v) is 3.75. The fraction of sp³-hybridized carbons (Fsp3) is 0.600. The lowest BCUT2D eigenvalue weighted by atomic mass is 9.97. The molecule has 112 valence electrons. The molecule has 0 amide bonds. The topological polar surface area (TPSA) is 15.3 Å². The Bertz CT molecular complexity index is 431. The quantitative estimate of drug-likeness (QED) is 0.914. The largest absolute Gasteiger partial charge is 0.393 e. The van der Waals surface area contributed by atoms with E-state index in [1.165, 1.54) is 0 Å². The van der Waals surface area contributed by atoms with Gasteiger partial charge in [-0.05, 0) is 37.6 Å².